The minimum atomic E-state index is -0.601. The predicted octanol–water partition coefficient (Wildman–Crippen LogP) is 0.603. The molecule has 0 spiro atoms. The largest absolute Gasteiger partial charge is 0.399 e. The van der Waals surface area contributed by atoms with Crippen LogP contribution in [0.3, 0.4) is 0 Å². The van der Waals surface area contributed by atoms with Crippen LogP contribution in [0.5, 0.6) is 0 Å². The zero-order chi connectivity index (χ0) is 13.8. The topological polar surface area (TPSA) is 90.0 Å². The average Bonchev–Trinajstić information content (AvgIpc) is 2.37. The summed E-state index contributed by atoms with van der Waals surface area (Å²) in [5.74, 6) is -1.17. The molecule has 0 saturated carbocycles. The Morgan fingerprint density at radius 2 is 2.21 bits per heavy atom. The van der Waals surface area contributed by atoms with E-state index < -0.39 is 17.3 Å². The quantitative estimate of drug-likeness (QED) is 0.793. The maximum atomic E-state index is 13.4. The molecule has 19 heavy (non-hydrogen) atoms. The number of nitrogens with zero attached hydrogens (tertiary/aromatic N) is 2. The second kappa shape index (κ2) is 5.30. The molecular formula is C12H11FN4O2. The fourth-order valence-corrected chi connectivity index (χ4v) is 1.47. The Labute approximate surface area is 107 Å². The van der Waals surface area contributed by atoms with Gasteiger partial charge in [0.15, 0.2) is 0 Å². The number of halogens is 1. The van der Waals surface area contributed by atoms with Crippen LogP contribution < -0.4 is 16.6 Å². The van der Waals surface area contributed by atoms with Crippen LogP contribution in [-0.2, 0) is 11.3 Å². The summed E-state index contributed by atoms with van der Waals surface area (Å²) >= 11 is 0. The molecule has 98 valence electrons. The summed E-state index contributed by atoms with van der Waals surface area (Å²) in [4.78, 5) is 23.0. The van der Waals surface area contributed by atoms with Gasteiger partial charge in [-0.05, 0) is 24.3 Å². The zero-order valence-electron chi connectivity index (χ0n) is 9.84. The van der Waals surface area contributed by atoms with E-state index in [1.807, 2.05) is 0 Å². The lowest BCUT2D eigenvalue weighted by Gasteiger charge is -2.07. The van der Waals surface area contributed by atoms with Crippen molar-refractivity contribution in [2.45, 2.75) is 6.54 Å². The highest BCUT2D eigenvalue weighted by Gasteiger charge is 2.09. The first-order valence-corrected chi connectivity index (χ1v) is 5.43. The number of rotatable bonds is 3. The summed E-state index contributed by atoms with van der Waals surface area (Å²) in [6.45, 7) is -0.298. The van der Waals surface area contributed by atoms with Gasteiger partial charge in [-0.1, -0.05) is 0 Å². The molecule has 0 radical (unpaired) electrons. The summed E-state index contributed by atoms with van der Waals surface area (Å²) in [7, 11) is 0. The molecule has 2 aromatic rings. The molecule has 3 N–H and O–H groups in total. The summed E-state index contributed by atoms with van der Waals surface area (Å²) in [5.41, 5.74) is 5.38. The normalized spacial score (nSPS) is 10.2. The Morgan fingerprint density at radius 3 is 2.95 bits per heavy atom. The van der Waals surface area contributed by atoms with E-state index in [0.717, 1.165) is 10.7 Å². The maximum Gasteiger partial charge on any atom is 0.267 e. The van der Waals surface area contributed by atoms with Crippen LogP contribution in [-0.4, -0.2) is 15.7 Å². The molecule has 2 rings (SSSR count). The van der Waals surface area contributed by atoms with Crippen LogP contribution in [0.4, 0.5) is 15.8 Å². The number of aromatic nitrogens is 2. The predicted molar refractivity (Wildman–Crippen MR) is 67.9 cm³/mol. The van der Waals surface area contributed by atoms with Crippen molar-refractivity contribution in [3.8, 4) is 0 Å². The van der Waals surface area contributed by atoms with Gasteiger partial charge in [0.25, 0.3) is 5.56 Å². The van der Waals surface area contributed by atoms with Crippen LogP contribution in [0.2, 0.25) is 0 Å². The first-order chi connectivity index (χ1) is 9.06. The first kappa shape index (κ1) is 12.7. The Hall–Kier alpha value is -2.70. The number of carbonyl (C=O) groups is 1. The molecule has 0 aliphatic heterocycles. The molecule has 1 aromatic heterocycles. The van der Waals surface area contributed by atoms with E-state index in [4.69, 9.17) is 5.73 Å². The Balaban J connectivity index is 2.12. The number of nitrogens with two attached hydrogens (primary N) is 1. The standard InChI is InChI=1S/C12H11FN4O2/c13-9-4-3-8(14)6-10(9)16-11(18)7-17-12(19)2-1-5-15-17/h1-6H,7,14H2,(H,16,18). The van der Waals surface area contributed by atoms with E-state index in [-0.39, 0.29) is 12.2 Å². The van der Waals surface area contributed by atoms with E-state index in [0.29, 0.717) is 5.69 Å². The first-order valence-electron chi connectivity index (χ1n) is 5.43. The van der Waals surface area contributed by atoms with E-state index in [1.54, 1.807) is 0 Å². The van der Waals surface area contributed by atoms with E-state index >= 15 is 0 Å². The molecule has 0 bridgehead atoms. The summed E-state index contributed by atoms with van der Waals surface area (Å²) < 4.78 is 14.4. The molecule has 0 aliphatic rings. The monoisotopic (exact) mass is 262 g/mol. The molecule has 0 aliphatic carbocycles. The Morgan fingerprint density at radius 1 is 1.42 bits per heavy atom. The summed E-state index contributed by atoms with van der Waals surface area (Å²) in [5, 5.41) is 6.06. The average molecular weight is 262 g/mol. The van der Waals surface area contributed by atoms with Crippen LogP contribution >= 0.6 is 0 Å². The van der Waals surface area contributed by atoms with Gasteiger partial charge in [-0.2, -0.15) is 5.10 Å². The third kappa shape index (κ3) is 3.15. The molecule has 0 unspecified atom stereocenters. The molecule has 1 heterocycles. The second-order valence-electron chi connectivity index (χ2n) is 3.81. The summed E-state index contributed by atoms with van der Waals surface area (Å²) in [6, 6.07) is 6.58. The molecule has 1 amide bonds. The van der Waals surface area contributed by atoms with Crippen molar-refractivity contribution >= 4 is 17.3 Å². The van der Waals surface area contributed by atoms with Crippen molar-refractivity contribution < 1.29 is 9.18 Å². The molecule has 1 aromatic carbocycles. The smallest absolute Gasteiger partial charge is 0.267 e. The number of anilines is 2. The third-order valence-electron chi connectivity index (χ3n) is 2.34. The number of carbonyl (C=O) groups excluding carboxylic acids is 1. The van der Waals surface area contributed by atoms with Crippen molar-refractivity contribution in [2.75, 3.05) is 11.1 Å². The third-order valence-corrected chi connectivity index (χ3v) is 2.34. The fourth-order valence-electron chi connectivity index (χ4n) is 1.47. The lowest BCUT2D eigenvalue weighted by molar-refractivity contribution is -0.117. The van der Waals surface area contributed by atoms with Crippen LogP contribution in [0.15, 0.2) is 41.3 Å². The number of amides is 1. The van der Waals surface area contributed by atoms with E-state index in [1.165, 1.54) is 30.5 Å². The highest BCUT2D eigenvalue weighted by atomic mass is 19.1. The Kier molecular flexibility index (Phi) is 3.56. The molecular weight excluding hydrogens is 251 g/mol. The van der Waals surface area contributed by atoms with Crippen LogP contribution in [0.25, 0.3) is 0 Å². The van der Waals surface area contributed by atoms with Gasteiger partial charge in [0, 0.05) is 18.0 Å². The number of hydrogen-bond donors (Lipinski definition) is 2. The fraction of sp³-hybridized carbons (Fsp3) is 0.0833. The van der Waals surface area contributed by atoms with Gasteiger partial charge < -0.3 is 11.1 Å². The number of benzene rings is 1. The van der Waals surface area contributed by atoms with Gasteiger partial charge in [-0.3, -0.25) is 9.59 Å². The number of nitrogens with one attached hydrogen (secondary N) is 1. The van der Waals surface area contributed by atoms with E-state index in [2.05, 4.69) is 10.4 Å². The van der Waals surface area contributed by atoms with Crippen molar-refractivity contribution in [3.63, 3.8) is 0 Å². The molecule has 0 fully saturated rings. The molecule has 0 saturated heterocycles. The lowest BCUT2D eigenvalue weighted by atomic mass is 10.2. The molecule has 6 nitrogen and oxygen atoms in total. The summed E-state index contributed by atoms with van der Waals surface area (Å²) in [6.07, 6.45) is 1.38. The molecule has 0 atom stereocenters. The highest BCUT2D eigenvalue weighted by Crippen LogP contribution is 2.17. The SMILES string of the molecule is Nc1ccc(F)c(NC(=O)Cn2ncccc2=O)c1. The van der Waals surface area contributed by atoms with Crippen LogP contribution in [0, 0.1) is 5.82 Å². The van der Waals surface area contributed by atoms with Gasteiger partial charge in [0.05, 0.1) is 5.69 Å². The zero-order valence-corrected chi connectivity index (χ0v) is 9.84. The number of nitrogen functional groups attached to an aromatic ring is 1. The maximum absolute atomic E-state index is 13.4. The minimum absolute atomic E-state index is 0.0334. The lowest BCUT2D eigenvalue weighted by Crippen LogP contribution is -2.28. The minimum Gasteiger partial charge on any atom is -0.399 e. The van der Waals surface area contributed by atoms with Gasteiger partial charge in [0.1, 0.15) is 12.4 Å². The molecule has 7 heteroatoms. The van der Waals surface area contributed by atoms with Crippen molar-refractivity contribution in [1.82, 2.24) is 9.78 Å². The second-order valence-corrected chi connectivity index (χ2v) is 3.81. The Bertz CT molecular complexity index is 669. The number of hydrogen-bond acceptors (Lipinski definition) is 4. The van der Waals surface area contributed by atoms with Crippen LogP contribution in [0.1, 0.15) is 0 Å². The van der Waals surface area contributed by atoms with Gasteiger partial charge in [0.2, 0.25) is 5.91 Å². The van der Waals surface area contributed by atoms with Gasteiger partial charge in [-0.25, -0.2) is 9.07 Å². The van der Waals surface area contributed by atoms with Gasteiger partial charge in [-0.15, -0.1) is 0 Å². The highest BCUT2D eigenvalue weighted by molar-refractivity contribution is 5.91. The van der Waals surface area contributed by atoms with Gasteiger partial charge >= 0.3 is 0 Å². The van der Waals surface area contributed by atoms with Crippen molar-refractivity contribution in [1.29, 1.82) is 0 Å². The van der Waals surface area contributed by atoms with Crippen molar-refractivity contribution in [2.24, 2.45) is 0 Å². The van der Waals surface area contributed by atoms with E-state index in [9.17, 15) is 14.0 Å². The van der Waals surface area contributed by atoms with Crippen molar-refractivity contribution in [3.05, 3.63) is 52.7 Å².